The highest BCUT2D eigenvalue weighted by Gasteiger charge is 2.38. The van der Waals surface area contributed by atoms with Crippen LogP contribution in [0.5, 0.6) is 0 Å². The van der Waals surface area contributed by atoms with E-state index >= 15 is 0 Å². The Hall–Kier alpha value is -1.60. The first kappa shape index (κ1) is 30.4. The first-order valence-corrected chi connectivity index (χ1v) is 10.3. The molecule has 0 spiro atoms. The van der Waals surface area contributed by atoms with Gasteiger partial charge in [-0.1, -0.05) is 25.7 Å². The predicted molar refractivity (Wildman–Crippen MR) is 103 cm³/mol. The SMILES string of the molecule is CN1CCN(CC2CCCCCC2)CC1CCO.O=C(O)C(F)(F)F.O=C(O)C(F)(F)F. The number of piperazine rings is 1. The summed E-state index contributed by atoms with van der Waals surface area (Å²) in [6.07, 6.45) is -0.568. The molecule has 7 nitrogen and oxygen atoms in total. The van der Waals surface area contributed by atoms with E-state index in [1.807, 2.05) is 0 Å². The minimum absolute atomic E-state index is 0.326. The molecule has 1 aliphatic carbocycles. The Balaban J connectivity index is 0.000000570. The van der Waals surface area contributed by atoms with Gasteiger partial charge in [0.05, 0.1) is 0 Å². The molecule has 3 N–H and O–H groups in total. The van der Waals surface area contributed by atoms with E-state index in [4.69, 9.17) is 24.9 Å². The summed E-state index contributed by atoms with van der Waals surface area (Å²) in [5.74, 6) is -4.58. The summed E-state index contributed by atoms with van der Waals surface area (Å²) in [7, 11) is 2.20. The second kappa shape index (κ2) is 14.5. The van der Waals surface area contributed by atoms with Crippen molar-refractivity contribution in [3.63, 3.8) is 0 Å². The molecular weight excluding hydrogens is 450 g/mol. The maximum atomic E-state index is 10.6. The molecule has 13 heteroatoms. The highest BCUT2D eigenvalue weighted by molar-refractivity contribution is 5.73. The Bertz CT molecular complexity index is 527. The zero-order chi connectivity index (χ0) is 24.9. The highest BCUT2D eigenvalue weighted by Crippen LogP contribution is 2.24. The quantitative estimate of drug-likeness (QED) is 0.418. The van der Waals surface area contributed by atoms with Gasteiger partial charge in [0.2, 0.25) is 0 Å². The maximum absolute atomic E-state index is 10.6. The number of likely N-dealkylation sites (N-methyl/N-ethyl adjacent to an activating group) is 1. The van der Waals surface area contributed by atoms with Crippen LogP contribution >= 0.6 is 0 Å². The topological polar surface area (TPSA) is 101 Å². The van der Waals surface area contributed by atoms with Crippen molar-refractivity contribution in [1.82, 2.24) is 9.80 Å². The van der Waals surface area contributed by atoms with Crippen molar-refractivity contribution in [2.75, 3.05) is 39.8 Å². The first-order valence-electron chi connectivity index (χ1n) is 10.3. The third kappa shape index (κ3) is 13.7. The second-order valence-corrected chi connectivity index (χ2v) is 7.87. The van der Waals surface area contributed by atoms with E-state index in [0.29, 0.717) is 12.6 Å². The Labute approximate surface area is 183 Å². The number of carboxylic acid groups (broad SMARTS) is 2. The molecule has 1 saturated carbocycles. The van der Waals surface area contributed by atoms with Crippen LogP contribution in [0.1, 0.15) is 44.9 Å². The van der Waals surface area contributed by atoms with Crippen molar-refractivity contribution < 1.29 is 51.3 Å². The zero-order valence-electron chi connectivity index (χ0n) is 18.0. The summed E-state index contributed by atoms with van der Waals surface area (Å²) in [6, 6.07) is 0.564. The van der Waals surface area contributed by atoms with Gasteiger partial charge in [0.25, 0.3) is 0 Å². The maximum Gasteiger partial charge on any atom is 0.490 e. The van der Waals surface area contributed by atoms with E-state index in [1.54, 1.807) is 0 Å². The van der Waals surface area contributed by atoms with Crippen LogP contribution in [0.25, 0.3) is 0 Å². The number of halogens is 6. The van der Waals surface area contributed by atoms with Gasteiger partial charge in [-0.15, -0.1) is 0 Å². The Morgan fingerprint density at radius 3 is 1.69 bits per heavy atom. The van der Waals surface area contributed by atoms with Gasteiger partial charge < -0.3 is 25.1 Å². The molecule has 190 valence electrons. The van der Waals surface area contributed by atoms with Gasteiger partial charge >= 0.3 is 24.3 Å². The van der Waals surface area contributed by atoms with Crippen molar-refractivity contribution in [3.8, 4) is 0 Å². The number of aliphatic carboxylic acids is 2. The van der Waals surface area contributed by atoms with Gasteiger partial charge in [0.1, 0.15) is 0 Å². The summed E-state index contributed by atoms with van der Waals surface area (Å²) in [6.45, 7) is 5.17. The second-order valence-electron chi connectivity index (χ2n) is 7.87. The first-order chi connectivity index (χ1) is 14.7. The molecule has 1 atom stereocenters. The Morgan fingerprint density at radius 2 is 1.31 bits per heavy atom. The van der Waals surface area contributed by atoms with E-state index in [9.17, 15) is 26.3 Å². The molecule has 32 heavy (non-hydrogen) atoms. The fraction of sp³-hybridized carbons (Fsp3) is 0.895. The van der Waals surface area contributed by atoms with Crippen LogP contribution in [0.4, 0.5) is 26.3 Å². The summed E-state index contributed by atoms with van der Waals surface area (Å²) < 4.78 is 63.5. The van der Waals surface area contributed by atoms with Crippen molar-refractivity contribution in [2.24, 2.45) is 5.92 Å². The average molecular weight is 482 g/mol. The fourth-order valence-electron chi connectivity index (χ4n) is 3.55. The largest absolute Gasteiger partial charge is 0.490 e. The number of alkyl halides is 6. The summed E-state index contributed by atoms with van der Waals surface area (Å²) in [5.41, 5.74) is 0. The van der Waals surface area contributed by atoms with E-state index in [1.165, 1.54) is 51.6 Å². The molecule has 0 bridgehead atoms. The number of carboxylic acids is 2. The van der Waals surface area contributed by atoms with Gasteiger partial charge in [-0.05, 0) is 32.2 Å². The van der Waals surface area contributed by atoms with Crippen LogP contribution in [0.3, 0.4) is 0 Å². The molecule has 0 aromatic carbocycles. The van der Waals surface area contributed by atoms with E-state index < -0.39 is 24.3 Å². The number of aliphatic hydroxyl groups is 1. The lowest BCUT2D eigenvalue weighted by Gasteiger charge is -2.40. The van der Waals surface area contributed by atoms with Gasteiger partial charge in [-0.3, -0.25) is 0 Å². The molecule has 1 unspecified atom stereocenters. The average Bonchev–Trinajstić information content (AvgIpc) is 2.93. The third-order valence-corrected chi connectivity index (χ3v) is 5.30. The summed E-state index contributed by atoms with van der Waals surface area (Å²) in [5, 5.41) is 23.4. The highest BCUT2D eigenvalue weighted by atomic mass is 19.4. The normalized spacial score (nSPS) is 21.4. The molecule has 0 aromatic rings. The fourth-order valence-corrected chi connectivity index (χ4v) is 3.55. The Morgan fingerprint density at radius 1 is 0.875 bits per heavy atom. The van der Waals surface area contributed by atoms with Crippen LogP contribution in [-0.2, 0) is 9.59 Å². The van der Waals surface area contributed by atoms with Crippen LogP contribution < -0.4 is 0 Å². The summed E-state index contributed by atoms with van der Waals surface area (Å²) in [4.78, 5) is 22.9. The Kier molecular flexibility index (Phi) is 13.8. The molecule has 0 amide bonds. The molecule has 2 fully saturated rings. The molecule has 1 heterocycles. The zero-order valence-corrected chi connectivity index (χ0v) is 18.0. The summed E-state index contributed by atoms with van der Waals surface area (Å²) >= 11 is 0. The van der Waals surface area contributed by atoms with Crippen molar-refractivity contribution in [1.29, 1.82) is 0 Å². The lowest BCUT2D eigenvalue weighted by Crippen LogP contribution is -2.52. The predicted octanol–water partition coefficient (Wildman–Crippen LogP) is 3.22. The van der Waals surface area contributed by atoms with Crippen LogP contribution in [0.2, 0.25) is 0 Å². The van der Waals surface area contributed by atoms with Gasteiger partial charge in [0, 0.05) is 38.8 Å². The number of hydrogen-bond acceptors (Lipinski definition) is 5. The minimum Gasteiger partial charge on any atom is -0.475 e. The standard InChI is InChI=1S/C15H30N2O.2C2HF3O2/c1-16-9-10-17(13-15(16)8-11-18)12-14-6-4-2-3-5-7-14;2*3-2(4,5)1(6)7/h14-15,18H,2-13H2,1H3;2*(H,6,7). The number of aliphatic hydroxyl groups excluding tert-OH is 1. The number of rotatable bonds is 4. The lowest BCUT2D eigenvalue weighted by molar-refractivity contribution is -0.193. The lowest BCUT2D eigenvalue weighted by atomic mass is 9.98. The van der Waals surface area contributed by atoms with E-state index in [-0.39, 0.29) is 0 Å². The van der Waals surface area contributed by atoms with Crippen molar-refractivity contribution in [3.05, 3.63) is 0 Å². The van der Waals surface area contributed by atoms with Crippen molar-refractivity contribution >= 4 is 11.9 Å². The molecule has 1 saturated heterocycles. The van der Waals surface area contributed by atoms with Gasteiger partial charge in [-0.2, -0.15) is 26.3 Å². The number of nitrogens with zero attached hydrogens (tertiary/aromatic N) is 2. The molecule has 1 aliphatic heterocycles. The van der Waals surface area contributed by atoms with Crippen LogP contribution in [0, 0.1) is 5.92 Å². The van der Waals surface area contributed by atoms with Gasteiger partial charge in [-0.25, -0.2) is 9.59 Å². The van der Waals surface area contributed by atoms with Gasteiger partial charge in [0.15, 0.2) is 0 Å². The minimum atomic E-state index is -5.08. The molecular formula is C19H32F6N2O5. The molecule has 0 aromatic heterocycles. The third-order valence-electron chi connectivity index (χ3n) is 5.30. The molecule has 0 radical (unpaired) electrons. The van der Waals surface area contributed by atoms with Crippen LogP contribution in [0.15, 0.2) is 0 Å². The number of carbonyl (C=O) groups is 2. The van der Waals surface area contributed by atoms with Crippen LogP contribution in [-0.4, -0.2) is 95.3 Å². The molecule has 2 aliphatic rings. The molecule has 2 rings (SSSR count). The number of hydrogen-bond donors (Lipinski definition) is 3. The smallest absolute Gasteiger partial charge is 0.475 e. The van der Waals surface area contributed by atoms with E-state index in [2.05, 4.69) is 16.8 Å². The monoisotopic (exact) mass is 482 g/mol. The van der Waals surface area contributed by atoms with E-state index in [0.717, 1.165) is 25.4 Å². The van der Waals surface area contributed by atoms with Crippen molar-refractivity contribution in [2.45, 2.75) is 63.3 Å².